The van der Waals surface area contributed by atoms with E-state index in [1.807, 2.05) is 24.3 Å². The Kier molecular flexibility index (Phi) is 4.12. The van der Waals surface area contributed by atoms with Gasteiger partial charge in [0.2, 0.25) is 5.91 Å². The molecule has 20 heavy (non-hydrogen) atoms. The molecule has 1 heterocycles. The lowest BCUT2D eigenvalue weighted by Crippen LogP contribution is -2.26. The maximum atomic E-state index is 11.7. The zero-order valence-corrected chi connectivity index (χ0v) is 12.2. The molecule has 2 unspecified atom stereocenters. The Morgan fingerprint density at radius 1 is 1.35 bits per heavy atom. The van der Waals surface area contributed by atoms with Gasteiger partial charge in [-0.25, -0.2) is 0 Å². The number of aliphatic carboxylic acids is 1. The summed E-state index contributed by atoms with van der Waals surface area (Å²) in [5, 5.41) is 9.28. The highest BCUT2D eigenvalue weighted by Crippen LogP contribution is 2.37. The fraction of sp³-hybridized carbons (Fsp3) is 0.500. The molecule has 0 saturated carbocycles. The van der Waals surface area contributed by atoms with Gasteiger partial charge in [0.15, 0.2) is 0 Å². The summed E-state index contributed by atoms with van der Waals surface area (Å²) >= 11 is 0. The standard InChI is InChI=1S/C16H21NO3/c1-10(2)8-11-4-6-12(7-5-11)15-13(16(19)20)9-14(18)17(15)3/h4-7,10,13,15H,8-9H2,1-3H3,(H,19,20). The number of benzene rings is 1. The van der Waals surface area contributed by atoms with Crippen molar-refractivity contribution in [2.75, 3.05) is 7.05 Å². The number of carbonyl (C=O) groups excluding carboxylic acids is 1. The molecule has 1 fully saturated rings. The highest BCUT2D eigenvalue weighted by atomic mass is 16.4. The van der Waals surface area contributed by atoms with Crippen LogP contribution in [0.1, 0.15) is 37.4 Å². The lowest BCUT2D eigenvalue weighted by atomic mass is 9.92. The predicted molar refractivity (Wildman–Crippen MR) is 76.2 cm³/mol. The molecular formula is C16H21NO3. The van der Waals surface area contributed by atoms with Crippen LogP contribution < -0.4 is 0 Å². The summed E-state index contributed by atoms with van der Waals surface area (Å²) in [7, 11) is 1.68. The number of hydrogen-bond donors (Lipinski definition) is 1. The van der Waals surface area contributed by atoms with Crippen molar-refractivity contribution in [3.63, 3.8) is 0 Å². The fourth-order valence-electron chi connectivity index (χ4n) is 2.87. The first kappa shape index (κ1) is 14.6. The minimum absolute atomic E-state index is 0.0875. The van der Waals surface area contributed by atoms with Crippen LogP contribution in [0.25, 0.3) is 0 Å². The quantitative estimate of drug-likeness (QED) is 0.918. The summed E-state index contributed by atoms with van der Waals surface area (Å²) in [5.41, 5.74) is 2.14. The maximum Gasteiger partial charge on any atom is 0.309 e. The molecular weight excluding hydrogens is 254 g/mol. The van der Waals surface area contributed by atoms with Crippen molar-refractivity contribution >= 4 is 11.9 Å². The first-order valence-electron chi connectivity index (χ1n) is 6.97. The number of carboxylic acid groups (broad SMARTS) is 1. The molecule has 1 aliphatic heterocycles. The van der Waals surface area contributed by atoms with Crippen LogP contribution in [0.4, 0.5) is 0 Å². The smallest absolute Gasteiger partial charge is 0.309 e. The van der Waals surface area contributed by atoms with Gasteiger partial charge in [0.05, 0.1) is 12.0 Å². The molecule has 1 aromatic carbocycles. The van der Waals surface area contributed by atoms with Crippen LogP contribution in [0, 0.1) is 11.8 Å². The van der Waals surface area contributed by atoms with E-state index in [2.05, 4.69) is 13.8 Å². The van der Waals surface area contributed by atoms with Gasteiger partial charge in [-0.3, -0.25) is 9.59 Å². The van der Waals surface area contributed by atoms with Crippen molar-refractivity contribution in [2.45, 2.75) is 32.7 Å². The summed E-state index contributed by atoms with van der Waals surface area (Å²) in [5.74, 6) is -1.07. The zero-order chi connectivity index (χ0) is 14.9. The Balaban J connectivity index is 2.24. The molecule has 0 spiro atoms. The van der Waals surface area contributed by atoms with Gasteiger partial charge in [-0.05, 0) is 23.5 Å². The highest BCUT2D eigenvalue weighted by molar-refractivity contribution is 5.87. The Morgan fingerprint density at radius 2 is 1.95 bits per heavy atom. The Morgan fingerprint density at radius 3 is 2.45 bits per heavy atom. The van der Waals surface area contributed by atoms with E-state index in [-0.39, 0.29) is 18.4 Å². The Labute approximate surface area is 119 Å². The molecule has 0 aliphatic carbocycles. The SMILES string of the molecule is CC(C)Cc1ccc(C2C(C(=O)O)CC(=O)N2C)cc1. The van der Waals surface area contributed by atoms with Crippen LogP contribution in [-0.2, 0) is 16.0 Å². The Hall–Kier alpha value is -1.84. The average molecular weight is 275 g/mol. The zero-order valence-electron chi connectivity index (χ0n) is 12.2. The molecule has 4 heteroatoms. The molecule has 0 aromatic heterocycles. The number of likely N-dealkylation sites (tertiary alicyclic amines) is 1. The topological polar surface area (TPSA) is 57.6 Å². The first-order chi connectivity index (χ1) is 9.40. The van der Waals surface area contributed by atoms with Gasteiger partial charge >= 0.3 is 5.97 Å². The number of nitrogens with zero attached hydrogens (tertiary/aromatic N) is 1. The van der Waals surface area contributed by atoms with Crippen molar-refractivity contribution in [2.24, 2.45) is 11.8 Å². The van der Waals surface area contributed by atoms with Crippen LogP contribution in [-0.4, -0.2) is 28.9 Å². The van der Waals surface area contributed by atoms with Gasteiger partial charge in [0.25, 0.3) is 0 Å². The van der Waals surface area contributed by atoms with Gasteiger partial charge in [-0.1, -0.05) is 38.1 Å². The molecule has 108 valence electrons. The van der Waals surface area contributed by atoms with Gasteiger partial charge in [0.1, 0.15) is 0 Å². The van der Waals surface area contributed by atoms with E-state index in [1.54, 1.807) is 11.9 Å². The lowest BCUT2D eigenvalue weighted by molar-refractivity contribution is -0.142. The predicted octanol–water partition coefficient (Wildman–Crippen LogP) is 2.49. The molecule has 1 aromatic rings. The van der Waals surface area contributed by atoms with Crippen molar-refractivity contribution in [3.8, 4) is 0 Å². The molecule has 2 atom stereocenters. The van der Waals surface area contributed by atoms with Crippen molar-refractivity contribution in [1.29, 1.82) is 0 Å². The molecule has 0 radical (unpaired) electrons. The highest BCUT2D eigenvalue weighted by Gasteiger charge is 2.42. The fourth-order valence-corrected chi connectivity index (χ4v) is 2.87. The van der Waals surface area contributed by atoms with Crippen molar-refractivity contribution in [3.05, 3.63) is 35.4 Å². The minimum Gasteiger partial charge on any atom is -0.481 e. The molecule has 0 bridgehead atoms. The van der Waals surface area contributed by atoms with Crippen LogP contribution in [0.3, 0.4) is 0 Å². The molecule has 1 aliphatic rings. The van der Waals surface area contributed by atoms with Crippen LogP contribution in [0.5, 0.6) is 0 Å². The summed E-state index contributed by atoms with van der Waals surface area (Å²) < 4.78 is 0. The summed E-state index contributed by atoms with van der Waals surface area (Å²) in [4.78, 5) is 24.6. The molecule has 1 N–H and O–H groups in total. The normalized spacial score (nSPS) is 22.6. The second kappa shape index (κ2) is 5.65. The number of rotatable bonds is 4. The second-order valence-corrected chi connectivity index (χ2v) is 5.94. The van der Waals surface area contributed by atoms with Crippen LogP contribution in [0.15, 0.2) is 24.3 Å². The van der Waals surface area contributed by atoms with Gasteiger partial charge in [-0.15, -0.1) is 0 Å². The van der Waals surface area contributed by atoms with Gasteiger partial charge in [0, 0.05) is 13.5 Å². The second-order valence-electron chi connectivity index (χ2n) is 5.94. The molecule has 1 saturated heterocycles. The third-order valence-corrected chi connectivity index (χ3v) is 3.87. The third kappa shape index (κ3) is 2.84. The number of hydrogen-bond acceptors (Lipinski definition) is 2. The lowest BCUT2D eigenvalue weighted by Gasteiger charge is -2.23. The van der Waals surface area contributed by atoms with E-state index in [0.717, 1.165) is 12.0 Å². The van der Waals surface area contributed by atoms with Crippen molar-refractivity contribution in [1.82, 2.24) is 4.90 Å². The summed E-state index contributed by atoms with van der Waals surface area (Å²) in [6.07, 6.45) is 1.09. The molecule has 1 amide bonds. The largest absolute Gasteiger partial charge is 0.481 e. The maximum absolute atomic E-state index is 11.7. The average Bonchev–Trinajstić information content (AvgIpc) is 2.67. The monoisotopic (exact) mass is 275 g/mol. The summed E-state index contributed by atoms with van der Waals surface area (Å²) in [6, 6.07) is 7.62. The van der Waals surface area contributed by atoms with E-state index in [4.69, 9.17) is 0 Å². The Bertz CT molecular complexity index is 507. The van der Waals surface area contributed by atoms with Crippen molar-refractivity contribution < 1.29 is 14.7 Å². The summed E-state index contributed by atoms with van der Waals surface area (Å²) in [6.45, 7) is 4.33. The van der Waals surface area contributed by atoms with E-state index in [1.165, 1.54) is 5.56 Å². The minimum atomic E-state index is -0.904. The van der Waals surface area contributed by atoms with E-state index in [9.17, 15) is 14.7 Å². The number of carboxylic acids is 1. The molecule has 2 rings (SSSR count). The van der Waals surface area contributed by atoms with Gasteiger partial charge < -0.3 is 10.0 Å². The van der Waals surface area contributed by atoms with E-state index < -0.39 is 11.9 Å². The third-order valence-electron chi connectivity index (χ3n) is 3.87. The van der Waals surface area contributed by atoms with Crippen LogP contribution >= 0.6 is 0 Å². The van der Waals surface area contributed by atoms with E-state index in [0.29, 0.717) is 5.92 Å². The van der Waals surface area contributed by atoms with Crippen LogP contribution in [0.2, 0.25) is 0 Å². The van der Waals surface area contributed by atoms with Gasteiger partial charge in [-0.2, -0.15) is 0 Å². The first-order valence-corrected chi connectivity index (χ1v) is 6.97. The number of amides is 1. The molecule has 4 nitrogen and oxygen atoms in total. The van der Waals surface area contributed by atoms with E-state index >= 15 is 0 Å². The number of carbonyl (C=O) groups is 2.